The Morgan fingerprint density at radius 3 is 2.48 bits per heavy atom. The normalized spacial score (nSPS) is 20.8. The SMILES string of the molecule is CCCN(Cc1ccc([N+](=O)[O-])cc1)[C@H]1CCS(=O)(=O)C1. The van der Waals surface area contributed by atoms with Gasteiger partial charge in [0.15, 0.2) is 9.84 Å². The number of sulfone groups is 1. The molecule has 2 rings (SSSR count). The average Bonchev–Trinajstić information content (AvgIpc) is 2.79. The zero-order valence-electron chi connectivity index (χ0n) is 12.1. The van der Waals surface area contributed by atoms with Crippen molar-refractivity contribution in [3.8, 4) is 0 Å². The molecular formula is C14H20N2O4S. The minimum Gasteiger partial charge on any atom is -0.295 e. The van der Waals surface area contributed by atoms with Crippen LogP contribution in [0, 0.1) is 10.1 Å². The van der Waals surface area contributed by atoms with Gasteiger partial charge in [-0.05, 0) is 24.9 Å². The van der Waals surface area contributed by atoms with Crippen LogP contribution in [0.4, 0.5) is 5.69 Å². The quantitative estimate of drug-likeness (QED) is 0.593. The predicted octanol–water partition coefficient (Wildman–Crippen LogP) is 1.99. The van der Waals surface area contributed by atoms with E-state index in [-0.39, 0.29) is 23.2 Å². The number of non-ortho nitro benzene ring substituents is 1. The fourth-order valence-corrected chi connectivity index (χ4v) is 4.46. The van der Waals surface area contributed by atoms with Gasteiger partial charge in [-0.2, -0.15) is 0 Å². The molecule has 0 spiro atoms. The molecule has 1 aromatic rings. The van der Waals surface area contributed by atoms with Crippen molar-refractivity contribution in [3.05, 3.63) is 39.9 Å². The van der Waals surface area contributed by atoms with E-state index in [0.29, 0.717) is 13.0 Å². The van der Waals surface area contributed by atoms with Crippen LogP contribution >= 0.6 is 0 Å². The highest BCUT2D eigenvalue weighted by atomic mass is 32.2. The van der Waals surface area contributed by atoms with E-state index in [1.54, 1.807) is 12.1 Å². The molecule has 0 bridgehead atoms. The first-order chi connectivity index (χ1) is 9.91. The molecule has 116 valence electrons. The van der Waals surface area contributed by atoms with Gasteiger partial charge >= 0.3 is 0 Å². The largest absolute Gasteiger partial charge is 0.295 e. The van der Waals surface area contributed by atoms with E-state index in [9.17, 15) is 18.5 Å². The van der Waals surface area contributed by atoms with E-state index in [4.69, 9.17) is 0 Å². The van der Waals surface area contributed by atoms with Crippen LogP contribution in [0.5, 0.6) is 0 Å². The molecular weight excluding hydrogens is 292 g/mol. The third-order valence-corrected chi connectivity index (χ3v) is 5.52. The lowest BCUT2D eigenvalue weighted by atomic mass is 10.1. The van der Waals surface area contributed by atoms with E-state index in [1.807, 2.05) is 0 Å². The van der Waals surface area contributed by atoms with Crippen LogP contribution in [0.1, 0.15) is 25.3 Å². The van der Waals surface area contributed by atoms with Crippen LogP contribution in [-0.4, -0.2) is 42.3 Å². The highest BCUT2D eigenvalue weighted by Gasteiger charge is 2.31. The first-order valence-corrected chi connectivity index (χ1v) is 8.91. The molecule has 1 aliphatic heterocycles. The average molecular weight is 312 g/mol. The second-order valence-electron chi connectivity index (χ2n) is 5.45. The summed E-state index contributed by atoms with van der Waals surface area (Å²) in [7, 11) is -2.90. The molecule has 1 atom stereocenters. The van der Waals surface area contributed by atoms with Crippen molar-refractivity contribution >= 4 is 15.5 Å². The fourth-order valence-electron chi connectivity index (χ4n) is 2.70. The number of hydrogen-bond donors (Lipinski definition) is 0. The topological polar surface area (TPSA) is 80.5 Å². The molecule has 0 N–H and O–H groups in total. The van der Waals surface area contributed by atoms with Gasteiger partial charge in [-0.1, -0.05) is 19.1 Å². The van der Waals surface area contributed by atoms with Crippen molar-refractivity contribution in [2.24, 2.45) is 0 Å². The van der Waals surface area contributed by atoms with Crippen molar-refractivity contribution in [1.29, 1.82) is 0 Å². The third kappa shape index (κ3) is 4.25. The Morgan fingerprint density at radius 1 is 1.33 bits per heavy atom. The molecule has 7 heteroatoms. The van der Waals surface area contributed by atoms with E-state index in [1.165, 1.54) is 12.1 Å². The zero-order chi connectivity index (χ0) is 15.5. The summed E-state index contributed by atoms with van der Waals surface area (Å²) >= 11 is 0. The van der Waals surface area contributed by atoms with Gasteiger partial charge in [-0.15, -0.1) is 0 Å². The van der Waals surface area contributed by atoms with Crippen LogP contribution in [0.25, 0.3) is 0 Å². The first kappa shape index (κ1) is 15.9. The third-order valence-electron chi connectivity index (χ3n) is 3.77. The monoisotopic (exact) mass is 312 g/mol. The maximum absolute atomic E-state index is 11.6. The van der Waals surface area contributed by atoms with Gasteiger partial charge < -0.3 is 0 Å². The molecule has 1 saturated heterocycles. The van der Waals surface area contributed by atoms with Gasteiger partial charge in [0.1, 0.15) is 0 Å². The fraction of sp³-hybridized carbons (Fsp3) is 0.571. The van der Waals surface area contributed by atoms with Gasteiger partial charge in [0.25, 0.3) is 5.69 Å². The minimum absolute atomic E-state index is 0.0603. The second-order valence-corrected chi connectivity index (χ2v) is 7.68. The molecule has 1 heterocycles. The van der Waals surface area contributed by atoms with Gasteiger partial charge in [-0.3, -0.25) is 15.0 Å². The lowest BCUT2D eigenvalue weighted by molar-refractivity contribution is -0.384. The van der Waals surface area contributed by atoms with Gasteiger partial charge in [-0.25, -0.2) is 8.42 Å². The van der Waals surface area contributed by atoms with Crippen molar-refractivity contribution in [2.45, 2.75) is 32.4 Å². The smallest absolute Gasteiger partial charge is 0.269 e. The molecule has 0 aliphatic carbocycles. The van der Waals surface area contributed by atoms with Gasteiger partial charge in [0, 0.05) is 24.7 Å². The molecule has 0 saturated carbocycles. The number of rotatable bonds is 6. The summed E-state index contributed by atoms with van der Waals surface area (Å²) in [4.78, 5) is 12.4. The maximum atomic E-state index is 11.6. The van der Waals surface area contributed by atoms with E-state index < -0.39 is 14.8 Å². The number of hydrogen-bond acceptors (Lipinski definition) is 5. The molecule has 1 fully saturated rings. The Morgan fingerprint density at radius 2 is 2.00 bits per heavy atom. The highest BCUT2D eigenvalue weighted by molar-refractivity contribution is 7.91. The summed E-state index contributed by atoms with van der Waals surface area (Å²) in [5, 5.41) is 10.6. The Bertz CT molecular complexity index is 598. The number of nitro benzene ring substituents is 1. The summed E-state index contributed by atoms with van der Waals surface area (Å²) in [6.45, 7) is 3.52. The van der Waals surface area contributed by atoms with Crippen molar-refractivity contribution in [3.63, 3.8) is 0 Å². The second kappa shape index (κ2) is 6.53. The molecule has 1 aromatic carbocycles. The van der Waals surface area contributed by atoms with Crippen molar-refractivity contribution in [1.82, 2.24) is 4.90 Å². The van der Waals surface area contributed by atoms with Crippen LogP contribution < -0.4 is 0 Å². The summed E-state index contributed by atoms with van der Waals surface area (Å²) in [6.07, 6.45) is 1.62. The Balaban J connectivity index is 2.07. The molecule has 0 unspecified atom stereocenters. The summed E-state index contributed by atoms with van der Waals surface area (Å²) in [5.74, 6) is 0.484. The Kier molecular flexibility index (Phi) is 4.95. The Labute approximate surface area is 124 Å². The Hall–Kier alpha value is -1.47. The molecule has 0 radical (unpaired) electrons. The predicted molar refractivity (Wildman–Crippen MR) is 80.9 cm³/mol. The van der Waals surface area contributed by atoms with Crippen LogP contribution in [0.3, 0.4) is 0 Å². The minimum atomic E-state index is -2.90. The summed E-state index contributed by atoms with van der Waals surface area (Å²) < 4.78 is 23.2. The standard InChI is InChI=1S/C14H20N2O4S/c1-2-8-15(14-7-9-21(19,20)11-14)10-12-3-5-13(6-4-12)16(17)18/h3-6,14H,2,7-11H2,1H3/t14-/m0/s1. The molecule has 6 nitrogen and oxygen atoms in total. The highest BCUT2D eigenvalue weighted by Crippen LogP contribution is 2.21. The molecule has 0 amide bonds. The summed E-state index contributed by atoms with van der Waals surface area (Å²) in [6, 6.07) is 6.52. The first-order valence-electron chi connectivity index (χ1n) is 7.09. The zero-order valence-corrected chi connectivity index (χ0v) is 12.9. The molecule has 1 aliphatic rings. The maximum Gasteiger partial charge on any atom is 0.269 e. The van der Waals surface area contributed by atoms with Crippen molar-refractivity contribution < 1.29 is 13.3 Å². The van der Waals surface area contributed by atoms with E-state index in [0.717, 1.165) is 18.5 Å². The number of benzene rings is 1. The van der Waals surface area contributed by atoms with Crippen LogP contribution in [0.2, 0.25) is 0 Å². The number of nitrogens with zero attached hydrogens (tertiary/aromatic N) is 2. The lowest BCUT2D eigenvalue weighted by Crippen LogP contribution is -2.36. The molecule has 0 aromatic heterocycles. The van der Waals surface area contributed by atoms with Gasteiger partial charge in [0.2, 0.25) is 0 Å². The van der Waals surface area contributed by atoms with Crippen molar-refractivity contribution in [2.75, 3.05) is 18.1 Å². The van der Waals surface area contributed by atoms with E-state index >= 15 is 0 Å². The van der Waals surface area contributed by atoms with Gasteiger partial charge in [0.05, 0.1) is 16.4 Å². The molecule has 21 heavy (non-hydrogen) atoms. The summed E-state index contributed by atoms with van der Waals surface area (Å²) in [5.41, 5.74) is 1.04. The van der Waals surface area contributed by atoms with Crippen LogP contribution in [0.15, 0.2) is 24.3 Å². The lowest BCUT2D eigenvalue weighted by Gasteiger charge is -2.27. The number of nitro groups is 1. The van der Waals surface area contributed by atoms with E-state index in [2.05, 4.69) is 11.8 Å². The van der Waals surface area contributed by atoms with Crippen LogP contribution in [-0.2, 0) is 16.4 Å².